The third-order valence-electron chi connectivity index (χ3n) is 5.14. The molecule has 1 N–H and O–H groups in total. The molecule has 0 heterocycles. The lowest BCUT2D eigenvalue weighted by Gasteiger charge is -2.23. The summed E-state index contributed by atoms with van der Waals surface area (Å²) >= 11 is 0. The van der Waals surface area contributed by atoms with Gasteiger partial charge in [-0.2, -0.15) is 0 Å². The normalized spacial score (nSPS) is 12.8. The summed E-state index contributed by atoms with van der Waals surface area (Å²) in [5.74, 6) is 0.920. The van der Waals surface area contributed by atoms with Gasteiger partial charge in [-0.3, -0.25) is 9.10 Å². The first-order valence-electron chi connectivity index (χ1n) is 10.5. The summed E-state index contributed by atoms with van der Waals surface area (Å²) in [6.07, 6.45) is 6.60. The molecular formula is C22H38N2O3S. The van der Waals surface area contributed by atoms with Gasteiger partial charge in [0.1, 0.15) is 0 Å². The van der Waals surface area contributed by atoms with Gasteiger partial charge < -0.3 is 5.32 Å². The Balaban J connectivity index is 2.57. The first kappa shape index (κ1) is 24.5. The maximum Gasteiger partial charge on any atom is 0.232 e. The minimum atomic E-state index is -3.39. The number of hydrogen-bond donors (Lipinski definition) is 1. The molecule has 1 unspecified atom stereocenters. The second-order valence-electron chi connectivity index (χ2n) is 7.91. The lowest BCUT2D eigenvalue weighted by molar-refractivity contribution is -0.121. The van der Waals surface area contributed by atoms with Crippen molar-refractivity contribution in [2.24, 2.45) is 5.92 Å². The van der Waals surface area contributed by atoms with E-state index in [0.29, 0.717) is 43.5 Å². The molecule has 0 saturated carbocycles. The van der Waals surface area contributed by atoms with Gasteiger partial charge in [0.2, 0.25) is 15.9 Å². The van der Waals surface area contributed by atoms with E-state index in [0.717, 1.165) is 12.8 Å². The summed E-state index contributed by atoms with van der Waals surface area (Å²) in [7, 11) is -3.39. The maximum absolute atomic E-state index is 12.2. The van der Waals surface area contributed by atoms with Gasteiger partial charge in [-0.1, -0.05) is 59.1 Å². The van der Waals surface area contributed by atoms with Gasteiger partial charge in [0.25, 0.3) is 0 Å². The number of amides is 1. The molecule has 1 aromatic rings. The van der Waals surface area contributed by atoms with Crippen molar-refractivity contribution in [2.75, 3.05) is 23.7 Å². The highest BCUT2D eigenvalue weighted by Gasteiger charge is 2.18. The fourth-order valence-electron chi connectivity index (χ4n) is 3.18. The lowest BCUT2D eigenvalue weighted by atomic mass is 9.99. The Bertz CT molecular complexity index is 684. The number of hydrogen-bond acceptors (Lipinski definition) is 3. The highest BCUT2D eigenvalue weighted by molar-refractivity contribution is 7.92. The molecule has 160 valence electrons. The van der Waals surface area contributed by atoms with Crippen LogP contribution in [0, 0.1) is 5.92 Å². The van der Waals surface area contributed by atoms with Crippen LogP contribution in [0.1, 0.15) is 77.7 Å². The van der Waals surface area contributed by atoms with Gasteiger partial charge in [0.15, 0.2) is 0 Å². The second kappa shape index (κ2) is 12.1. The fourth-order valence-corrected chi connectivity index (χ4v) is 4.15. The number of nitrogens with one attached hydrogen (secondary N) is 1. The summed E-state index contributed by atoms with van der Waals surface area (Å²) in [4.78, 5) is 12.1. The van der Waals surface area contributed by atoms with Crippen molar-refractivity contribution in [1.82, 2.24) is 5.32 Å². The predicted molar refractivity (Wildman–Crippen MR) is 118 cm³/mol. The molecule has 1 atom stereocenters. The Morgan fingerprint density at radius 3 is 2.25 bits per heavy atom. The molecule has 0 bridgehead atoms. The maximum atomic E-state index is 12.2. The summed E-state index contributed by atoms with van der Waals surface area (Å²) < 4.78 is 25.8. The van der Waals surface area contributed by atoms with Crippen molar-refractivity contribution in [3.8, 4) is 0 Å². The minimum absolute atomic E-state index is 0.00134. The highest BCUT2D eigenvalue weighted by atomic mass is 32.2. The van der Waals surface area contributed by atoms with Crippen LogP contribution in [0.15, 0.2) is 24.3 Å². The Labute approximate surface area is 172 Å². The predicted octanol–water partition coefficient (Wildman–Crippen LogP) is 4.69. The van der Waals surface area contributed by atoms with Crippen molar-refractivity contribution in [2.45, 2.75) is 72.1 Å². The summed E-state index contributed by atoms with van der Waals surface area (Å²) in [6.45, 7) is 9.55. The van der Waals surface area contributed by atoms with Crippen LogP contribution in [0.5, 0.6) is 0 Å². The van der Waals surface area contributed by atoms with Crippen LogP contribution in [0.25, 0.3) is 0 Å². The number of nitrogens with zero attached hydrogens (tertiary/aromatic N) is 1. The molecule has 0 spiro atoms. The molecule has 0 aliphatic rings. The standard InChI is InChI=1S/C22H38N2O3S/c1-6-8-10-19(7-2)17-23-22(25)11-9-16-24(28(5,26)27)21-14-12-20(13-15-21)18(3)4/h12-15,18-19H,6-11,16-17H2,1-5H3,(H,23,25). The molecule has 0 radical (unpaired) electrons. The van der Waals surface area contributed by atoms with E-state index in [2.05, 4.69) is 33.0 Å². The zero-order chi connectivity index (χ0) is 21.2. The Morgan fingerprint density at radius 1 is 1.11 bits per heavy atom. The van der Waals surface area contributed by atoms with Crippen LogP contribution >= 0.6 is 0 Å². The van der Waals surface area contributed by atoms with E-state index in [1.807, 2.05) is 24.3 Å². The van der Waals surface area contributed by atoms with Gasteiger partial charge in [0.05, 0.1) is 11.9 Å². The van der Waals surface area contributed by atoms with E-state index in [4.69, 9.17) is 0 Å². The molecule has 6 heteroatoms. The molecule has 0 aliphatic heterocycles. The van der Waals surface area contributed by atoms with Crippen molar-refractivity contribution in [3.05, 3.63) is 29.8 Å². The number of rotatable bonds is 13. The molecule has 0 aromatic heterocycles. The first-order valence-corrected chi connectivity index (χ1v) is 12.4. The number of unbranched alkanes of at least 4 members (excludes halogenated alkanes) is 1. The molecule has 28 heavy (non-hydrogen) atoms. The minimum Gasteiger partial charge on any atom is -0.356 e. The fraction of sp³-hybridized carbons (Fsp3) is 0.682. The van der Waals surface area contributed by atoms with E-state index in [9.17, 15) is 13.2 Å². The van der Waals surface area contributed by atoms with Crippen LogP contribution in [0.3, 0.4) is 0 Å². The summed E-state index contributed by atoms with van der Waals surface area (Å²) in [5.41, 5.74) is 1.82. The Morgan fingerprint density at radius 2 is 1.75 bits per heavy atom. The van der Waals surface area contributed by atoms with E-state index < -0.39 is 10.0 Å². The smallest absolute Gasteiger partial charge is 0.232 e. The second-order valence-corrected chi connectivity index (χ2v) is 9.81. The van der Waals surface area contributed by atoms with E-state index in [1.54, 1.807) is 0 Å². The molecule has 0 saturated heterocycles. The van der Waals surface area contributed by atoms with Gasteiger partial charge in [-0.15, -0.1) is 0 Å². The van der Waals surface area contributed by atoms with E-state index >= 15 is 0 Å². The van der Waals surface area contributed by atoms with Crippen LogP contribution < -0.4 is 9.62 Å². The van der Waals surface area contributed by atoms with Gasteiger partial charge in [0, 0.05) is 19.5 Å². The molecule has 1 rings (SSSR count). The van der Waals surface area contributed by atoms with Crippen molar-refractivity contribution in [3.63, 3.8) is 0 Å². The van der Waals surface area contributed by atoms with Crippen LogP contribution in [-0.4, -0.2) is 33.7 Å². The average Bonchev–Trinajstić information content (AvgIpc) is 2.64. The topological polar surface area (TPSA) is 66.5 Å². The third kappa shape index (κ3) is 8.63. The Hall–Kier alpha value is -1.56. The lowest BCUT2D eigenvalue weighted by Crippen LogP contribution is -2.33. The molecule has 0 fully saturated rings. The zero-order valence-corrected chi connectivity index (χ0v) is 19.0. The van der Waals surface area contributed by atoms with Gasteiger partial charge in [-0.05, 0) is 42.4 Å². The largest absolute Gasteiger partial charge is 0.356 e. The monoisotopic (exact) mass is 410 g/mol. The number of carbonyl (C=O) groups is 1. The van der Waals surface area contributed by atoms with Crippen molar-refractivity contribution >= 4 is 21.6 Å². The highest BCUT2D eigenvalue weighted by Crippen LogP contribution is 2.22. The molecule has 5 nitrogen and oxygen atoms in total. The SMILES string of the molecule is CCCCC(CC)CNC(=O)CCCN(c1ccc(C(C)C)cc1)S(C)(=O)=O. The number of carbonyl (C=O) groups excluding carboxylic acids is 1. The first-order chi connectivity index (χ1) is 13.2. The molecule has 0 aliphatic carbocycles. The average molecular weight is 411 g/mol. The summed E-state index contributed by atoms with van der Waals surface area (Å²) in [6, 6.07) is 7.62. The molecular weight excluding hydrogens is 372 g/mol. The third-order valence-corrected chi connectivity index (χ3v) is 6.34. The number of sulfonamides is 1. The molecule has 1 aromatic carbocycles. The van der Waals surface area contributed by atoms with E-state index in [-0.39, 0.29) is 5.91 Å². The van der Waals surface area contributed by atoms with Crippen LogP contribution in [0.2, 0.25) is 0 Å². The van der Waals surface area contributed by atoms with Crippen molar-refractivity contribution < 1.29 is 13.2 Å². The van der Waals surface area contributed by atoms with Gasteiger partial charge >= 0.3 is 0 Å². The van der Waals surface area contributed by atoms with Crippen molar-refractivity contribution in [1.29, 1.82) is 0 Å². The van der Waals surface area contributed by atoms with E-state index in [1.165, 1.54) is 29.0 Å². The quantitative estimate of drug-likeness (QED) is 0.513. The van der Waals surface area contributed by atoms with Crippen LogP contribution in [0.4, 0.5) is 5.69 Å². The number of benzene rings is 1. The molecule has 1 amide bonds. The number of anilines is 1. The van der Waals surface area contributed by atoms with Crippen LogP contribution in [-0.2, 0) is 14.8 Å². The Kier molecular flexibility index (Phi) is 10.6. The zero-order valence-electron chi connectivity index (χ0n) is 18.2. The summed E-state index contributed by atoms with van der Waals surface area (Å²) in [5, 5.41) is 3.01. The van der Waals surface area contributed by atoms with Gasteiger partial charge in [-0.25, -0.2) is 8.42 Å².